The van der Waals surface area contributed by atoms with Gasteiger partial charge in [-0.1, -0.05) is 11.6 Å². The van der Waals surface area contributed by atoms with Crippen LogP contribution in [0.5, 0.6) is 0 Å². The minimum atomic E-state index is -0.234. The molecule has 3 N–H and O–H groups in total. The Kier molecular flexibility index (Phi) is 6.64. The number of aromatic amines is 1. The zero-order valence-corrected chi connectivity index (χ0v) is 17.4. The first-order valence-electron chi connectivity index (χ1n) is 9.63. The zero-order chi connectivity index (χ0) is 21.0. The molecule has 1 aromatic carbocycles. The Bertz CT molecular complexity index is 913. The standard InChI is InChI=1S/C20H26ClN5O3/c1-13(27)22-11-19(28)26-7-3-4-17(12-26)25(2)20(29)23-10-16-9-14-8-15(21)5-6-18(14)24-16/h5-6,8-9,17,24H,3-4,7,10-12H2,1-2H3,(H,22,27)(H,23,29). The van der Waals surface area contributed by atoms with E-state index in [1.165, 1.54) is 6.92 Å². The van der Waals surface area contributed by atoms with E-state index in [-0.39, 0.29) is 30.4 Å². The van der Waals surface area contributed by atoms with Crippen molar-refractivity contribution in [2.45, 2.75) is 32.4 Å². The Morgan fingerprint density at radius 3 is 2.83 bits per heavy atom. The van der Waals surface area contributed by atoms with Gasteiger partial charge in [0.15, 0.2) is 0 Å². The van der Waals surface area contributed by atoms with Gasteiger partial charge in [0.25, 0.3) is 0 Å². The number of nitrogens with one attached hydrogen (secondary N) is 3. The van der Waals surface area contributed by atoms with Crippen LogP contribution < -0.4 is 10.6 Å². The third kappa shape index (κ3) is 5.41. The number of likely N-dealkylation sites (tertiary alicyclic amines) is 1. The molecule has 2 aromatic rings. The highest BCUT2D eigenvalue weighted by atomic mass is 35.5. The predicted molar refractivity (Wildman–Crippen MR) is 112 cm³/mol. The Hall–Kier alpha value is -2.74. The van der Waals surface area contributed by atoms with E-state index in [1.54, 1.807) is 16.8 Å². The Morgan fingerprint density at radius 2 is 2.07 bits per heavy atom. The van der Waals surface area contributed by atoms with Gasteiger partial charge in [0.2, 0.25) is 11.8 Å². The van der Waals surface area contributed by atoms with Crippen molar-refractivity contribution < 1.29 is 14.4 Å². The lowest BCUT2D eigenvalue weighted by molar-refractivity contribution is -0.134. The van der Waals surface area contributed by atoms with Gasteiger partial charge in [-0.2, -0.15) is 0 Å². The van der Waals surface area contributed by atoms with E-state index in [1.807, 2.05) is 24.3 Å². The summed E-state index contributed by atoms with van der Waals surface area (Å²) in [5.41, 5.74) is 1.85. The molecule has 0 saturated carbocycles. The number of benzene rings is 1. The molecule has 0 spiro atoms. The highest BCUT2D eigenvalue weighted by molar-refractivity contribution is 6.31. The molecule has 156 valence electrons. The third-order valence-corrected chi connectivity index (χ3v) is 5.41. The van der Waals surface area contributed by atoms with Gasteiger partial charge in [-0.05, 0) is 37.1 Å². The van der Waals surface area contributed by atoms with E-state index in [0.29, 0.717) is 24.7 Å². The van der Waals surface area contributed by atoms with Crippen molar-refractivity contribution in [3.63, 3.8) is 0 Å². The van der Waals surface area contributed by atoms with Crippen LogP contribution in [0.4, 0.5) is 4.79 Å². The van der Waals surface area contributed by atoms with Crippen LogP contribution in [0, 0.1) is 0 Å². The third-order valence-electron chi connectivity index (χ3n) is 5.17. The second-order valence-electron chi connectivity index (χ2n) is 7.34. The maximum atomic E-state index is 12.6. The van der Waals surface area contributed by atoms with Crippen molar-refractivity contribution in [2.24, 2.45) is 0 Å². The van der Waals surface area contributed by atoms with Crippen LogP contribution in [0.3, 0.4) is 0 Å². The second kappa shape index (κ2) is 9.17. The van der Waals surface area contributed by atoms with Gasteiger partial charge in [-0.15, -0.1) is 0 Å². The first-order chi connectivity index (χ1) is 13.8. The summed E-state index contributed by atoms with van der Waals surface area (Å²) >= 11 is 6.01. The Labute approximate surface area is 174 Å². The number of nitrogens with zero attached hydrogens (tertiary/aromatic N) is 2. The summed E-state index contributed by atoms with van der Waals surface area (Å²) in [5.74, 6) is -0.363. The van der Waals surface area contributed by atoms with E-state index in [2.05, 4.69) is 15.6 Å². The average molecular weight is 420 g/mol. The number of aromatic nitrogens is 1. The van der Waals surface area contributed by atoms with Crippen molar-refractivity contribution in [2.75, 3.05) is 26.7 Å². The molecule has 1 saturated heterocycles. The molecule has 4 amide bonds. The van der Waals surface area contributed by atoms with Crippen LogP contribution in [0.15, 0.2) is 24.3 Å². The van der Waals surface area contributed by atoms with Gasteiger partial charge in [0.05, 0.1) is 19.1 Å². The fourth-order valence-electron chi connectivity index (χ4n) is 3.53. The molecule has 1 aliphatic heterocycles. The molecule has 1 unspecified atom stereocenters. The quantitative estimate of drug-likeness (QED) is 0.692. The van der Waals surface area contributed by atoms with Crippen molar-refractivity contribution in [3.8, 4) is 0 Å². The van der Waals surface area contributed by atoms with Crippen LogP contribution in [0.1, 0.15) is 25.5 Å². The SMILES string of the molecule is CC(=O)NCC(=O)N1CCCC(N(C)C(=O)NCc2cc3cc(Cl)ccc3[nH]2)C1. The number of halogens is 1. The number of urea groups is 1. The number of carbonyl (C=O) groups is 3. The lowest BCUT2D eigenvalue weighted by Gasteiger charge is -2.37. The number of likely N-dealkylation sites (N-methyl/N-ethyl adjacent to an activating group) is 1. The molecule has 0 aliphatic carbocycles. The van der Waals surface area contributed by atoms with Gasteiger partial charge in [-0.25, -0.2) is 4.79 Å². The van der Waals surface area contributed by atoms with Crippen LogP contribution in [-0.4, -0.2) is 65.4 Å². The number of fused-ring (bicyclic) bond motifs is 1. The topological polar surface area (TPSA) is 97.5 Å². The van der Waals surface area contributed by atoms with Crippen LogP contribution in [-0.2, 0) is 16.1 Å². The highest BCUT2D eigenvalue weighted by Gasteiger charge is 2.28. The molecule has 3 rings (SSSR count). The summed E-state index contributed by atoms with van der Waals surface area (Å²) in [7, 11) is 1.74. The largest absolute Gasteiger partial charge is 0.357 e. The van der Waals surface area contributed by atoms with Gasteiger partial charge >= 0.3 is 6.03 Å². The van der Waals surface area contributed by atoms with E-state index in [9.17, 15) is 14.4 Å². The Morgan fingerprint density at radius 1 is 1.28 bits per heavy atom. The molecule has 0 bridgehead atoms. The number of carbonyl (C=O) groups excluding carboxylic acids is 3. The minimum absolute atomic E-state index is 0.0115. The van der Waals surface area contributed by atoms with Gasteiger partial charge < -0.3 is 25.4 Å². The maximum Gasteiger partial charge on any atom is 0.317 e. The lowest BCUT2D eigenvalue weighted by atomic mass is 10.0. The van der Waals surface area contributed by atoms with Gasteiger partial charge in [0.1, 0.15) is 0 Å². The fraction of sp³-hybridized carbons (Fsp3) is 0.450. The first kappa shape index (κ1) is 21.0. The van der Waals surface area contributed by atoms with Gasteiger partial charge in [0, 0.05) is 48.7 Å². The van der Waals surface area contributed by atoms with Crippen molar-refractivity contribution in [1.29, 1.82) is 0 Å². The summed E-state index contributed by atoms with van der Waals surface area (Å²) in [6.07, 6.45) is 1.65. The van der Waals surface area contributed by atoms with Crippen LogP contribution in [0.2, 0.25) is 5.02 Å². The number of hydrogen-bond donors (Lipinski definition) is 3. The zero-order valence-electron chi connectivity index (χ0n) is 16.6. The van der Waals surface area contributed by atoms with Crippen LogP contribution >= 0.6 is 11.6 Å². The molecule has 0 radical (unpaired) electrons. The molecule has 29 heavy (non-hydrogen) atoms. The smallest absolute Gasteiger partial charge is 0.317 e. The van der Waals surface area contributed by atoms with Crippen molar-refractivity contribution >= 4 is 40.3 Å². The summed E-state index contributed by atoms with van der Waals surface area (Å²) < 4.78 is 0. The van der Waals surface area contributed by atoms with Gasteiger partial charge in [-0.3, -0.25) is 9.59 Å². The van der Waals surface area contributed by atoms with E-state index in [4.69, 9.17) is 11.6 Å². The monoisotopic (exact) mass is 419 g/mol. The average Bonchev–Trinajstić information content (AvgIpc) is 3.11. The number of hydrogen-bond acceptors (Lipinski definition) is 3. The summed E-state index contributed by atoms with van der Waals surface area (Å²) in [6, 6.07) is 7.31. The second-order valence-corrected chi connectivity index (χ2v) is 7.78. The molecule has 1 aliphatic rings. The molecule has 1 aromatic heterocycles. The molecule has 1 fully saturated rings. The number of H-pyrrole nitrogens is 1. The number of piperidine rings is 1. The maximum absolute atomic E-state index is 12.6. The Balaban J connectivity index is 1.53. The normalized spacial score (nSPS) is 16.5. The molecule has 1 atom stereocenters. The van der Waals surface area contributed by atoms with Crippen molar-refractivity contribution in [3.05, 3.63) is 35.0 Å². The number of rotatable bonds is 5. The molecule has 9 heteroatoms. The van der Waals surface area contributed by atoms with Crippen molar-refractivity contribution in [1.82, 2.24) is 25.4 Å². The predicted octanol–water partition coefficient (Wildman–Crippen LogP) is 2.09. The molecule has 2 heterocycles. The van der Waals surface area contributed by atoms with E-state index >= 15 is 0 Å². The molecular weight excluding hydrogens is 394 g/mol. The number of amides is 4. The van der Waals surface area contributed by atoms with Crippen LogP contribution in [0.25, 0.3) is 10.9 Å². The summed E-state index contributed by atoms with van der Waals surface area (Å²) in [4.78, 5) is 42.5. The fourth-order valence-corrected chi connectivity index (χ4v) is 3.71. The van der Waals surface area contributed by atoms with E-state index < -0.39 is 0 Å². The lowest BCUT2D eigenvalue weighted by Crippen LogP contribution is -2.53. The molecule has 8 nitrogen and oxygen atoms in total. The first-order valence-corrected chi connectivity index (χ1v) is 10.0. The summed E-state index contributed by atoms with van der Waals surface area (Å²) in [6.45, 7) is 2.84. The molecular formula is C20H26ClN5O3. The minimum Gasteiger partial charge on any atom is -0.357 e. The van der Waals surface area contributed by atoms with E-state index in [0.717, 1.165) is 29.4 Å². The summed E-state index contributed by atoms with van der Waals surface area (Å²) in [5, 5.41) is 7.11. The highest BCUT2D eigenvalue weighted by Crippen LogP contribution is 2.20.